The summed E-state index contributed by atoms with van der Waals surface area (Å²) in [6, 6.07) is 15.0. The minimum absolute atomic E-state index is 0.295. The lowest BCUT2D eigenvalue weighted by Gasteiger charge is -2.09. The first-order valence-electron chi connectivity index (χ1n) is 7.01. The maximum atomic E-state index is 10.9. The van der Waals surface area contributed by atoms with Crippen molar-refractivity contribution in [2.75, 3.05) is 0 Å². The highest BCUT2D eigenvalue weighted by molar-refractivity contribution is 5.88. The van der Waals surface area contributed by atoms with Crippen molar-refractivity contribution in [1.82, 2.24) is 9.78 Å². The molecule has 0 aliphatic carbocycles. The zero-order valence-corrected chi connectivity index (χ0v) is 12.4. The van der Waals surface area contributed by atoms with Gasteiger partial charge in [0.1, 0.15) is 0 Å². The Morgan fingerprint density at radius 3 is 2.23 bits per heavy atom. The van der Waals surface area contributed by atoms with Gasteiger partial charge >= 0.3 is 5.97 Å². The van der Waals surface area contributed by atoms with Crippen LogP contribution in [0, 0.1) is 13.8 Å². The van der Waals surface area contributed by atoms with Crippen LogP contribution in [0.5, 0.6) is 0 Å². The molecule has 0 saturated heterocycles. The van der Waals surface area contributed by atoms with E-state index < -0.39 is 5.97 Å². The highest BCUT2D eigenvalue weighted by Crippen LogP contribution is 2.24. The van der Waals surface area contributed by atoms with E-state index >= 15 is 0 Å². The molecule has 0 spiro atoms. The standard InChI is InChI=1S/C18H16N2O2/c1-12-11-16(14-3-5-15(6-4-14)18(21)22)7-8-17(12)20-10-9-13(2)19-20/h3-11H,1-2H3,(H,21,22). The third-order valence-electron chi connectivity index (χ3n) is 3.63. The zero-order chi connectivity index (χ0) is 15.7. The van der Waals surface area contributed by atoms with Gasteiger partial charge in [-0.15, -0.1) is 0 Å². The van der Waals surface area contributed by atoms with Crippen LogP contribution in [0.4, 0.5) is 0 Å². The molecule has 3 aromatic rings. The van der Waals surface area contributed by atoms with E-state index in [9.17, 15) is 4.79 Å². The summed E-state index contributed by atoms with van der Waals surface area (Å²) >= 11 is 0. The molecule has 0 radical (unpaired) electrons. The number of rotatable bonds is 3. The van der Waals surface area contributed by atoms with E-state index in [1.807, 2.05) is 55.1 Å². The van der Waals surface area contributed by atoms with Crippen molar-refractivity contribution < 1.29 is 9.90 Å². The molecule has 3 rings (SSSR count). The summed E-state index contributed by atoms with van der Waals surface area (Å²) in [7, 11) is 0. The van der Waals surface area contributed by atoms with Gasteiger partial charge in [0, 0.05) is 6.20 Å². The lowest BCUT2D eigenvalue weighted by atomic mass is 10.0. The summed E-state index contributed by atoms with van der Waals surface area (Å²) in [5.74, 6) is -0.910. The first kappa shape index (κ1) is 14.1. The number of aromatic carboxylic acids is 1. The molecule has 0 aliphatic heterocycles. The fourth-order valence-corrected chi connectivity index (χ4v) is 2.45. The van der Waals surface area contributed by atoms with Crippen LogP contribution in [-0.2, 0) is 0 Å². The Hall–Kier alpha value is -2.88. The number of carboxylic acid groups (broad SMARTS) is 1. The van der Waals surface area contributed by atoms with Gasteiger partial charge in [-0.25, -0.2) is 9.48 Å². The first-order valence-corrected chi connectivity index (χ1v) is 7.01. The van der Waals surface area contributed by atoms with Gasteiger partial charge in [-0.3, -0.25) is 0 Å². The number of carboxylic acids is 1. The van der Waals surface area contributed by atoms with Gasteiger partial charge in [-0.1, -0.05) is 18.2 Å². The van der Waals surface area contributed by atoms with Crippen molar-refractivity contribution in [3.63, 3.8) is 0 Å². The third kappa shape index (κ3) is 2.63. The van der Waals surface area contributed by atoms with Crippen LogP contribution in [0.2, 0.25) is 0 Å². The van der Waals surface area contributed by atoms with Crippen molar-refractivity contribution >= 4 is 5.97 Å². The largest absolute Gasteiger partial charge is 0.478 e. The number of hydrogen-bond donors (Lipinski definition) is 1. The molecule has 0 unspecified atom stereocenters. The summed E-state index contributed by atoms with van der Waals surface area (Å²) in [6.07, 6.45) is 1.94. The molecule has 110 valence electrons. The second-order valence-corrected chi connectivity index (χ2v) is 5.29. The van der Waals surface area contributed by atoms with E-state index in [4.69, 9.17) is 5.11 Å². The molecule has 0 bridgehead atoms. The molecular formula is C18H16N2O2. The van der Waals surface area contributed by atoms with Crippen molar-refractivity contribution in [2.24, 2.45) is 0 Å². The van der Waals surface area contributed by atoms with Crippen LogP contribution in [0.1, 0.15) is 21.6 Å². The van der Waals surface area contributed by atoms with E-state index in [0.717, 1.165) is 28.1 Å². The molecule has 0 aliphatic rings. The Labute approximate surface area is 128 Å². The Balaban J connectivity index is 1.96. The van der Waals surface area contributed by atoms with Crippen molar-refractivity contribution in [3.05, 3.63) is 71.5 Å². The average Bonchev–Trinajstić information content (AvgIpc) is 2.93. The molecule has 0 atom stereocenters. The molecule has 4 nitrogen and oxygen atoms in total. The molecule has 0 amide bonds. The van der Waals surface area contributed by atoms with E-state index in [1.165, 1.54) is 0 Å². The number of aryl methyl sites for hydroxylation is 2. The normalized spacial score (nSPS) is 10.6. The third-order valence-corrected chi connectivity index (χ3v) is 3.63. The molecule has 2 aromatic carbocycles. The molecular weight excluding hydrogens is 276 g/mol. The minimum atomic E-state index is -0.910. The Bertz CT molecular complexity index is 833. The number of hydrogen-bond acceptors (Lipinski definition) is 2. The lowest BCUT2D eigenvalue weighted by molar-refractivity contribution is 0.0697. The van der Waals surface area contributed by atoms with E-state index in [1.54, 1.807) is 12.1 Å². The minimum Gasteiger partial charge on any atom is -0.478 e. The molecule has 1 N–H and O–H groups in total. The summed E-state index contributed by atoms with van der Waals surface area (Å²) in [5.41, 5.74) is 5.48. The van der Waals surface area contributed by atoms with Gasteiger partial charge in [0.2, 0.25) is 0 Å². The van der Waals surface area contributed by atoms with Gasteiger partial charge in [0.15, 0.2) is 0 Å². The quantitative estimate of drug-likeness (QED) is 0.797. The van der Waals surface area contributed by atoms with E-state index in [2.05, 4.69) is 11.2 Å². The summed E-state index contributed by atoms with van der Waals surface area (Å²) < 4.78 is 1.86. The molecule has 22 heavy (non-hydrogen) atoms. The van der Waals surface area contributed by atoms with E-state index in [-0.39, 0.29) is 0 Å². The summed E-state index contributed by atoms with van der Waals surface area (Å²) in [5, 5.41) is 13.4. The first-order chi connectivity index (χ1) is 10.5. The topological polar surface area (TPSA) is 55.1 Å². The second kappa shape index (κ2) is 5.48. The lowest BCUT2D eigenvalue weighted by Crippen LogP contribution is -1.98. The molecule has 1 heterocycles. The van der Waals surface area contributed by atoms with Crippen LogP contribution in [0.25, 0.3) is 16.8 Å². The van der Waals surface area contributed by atoms with Crippen molar-refractivity contribution in [1.29, 1.82) is 0 Å². The SMILES string of the molecule is Cc1ccn(-c2ccc(-c3ccc(C(=O)O)cc3)cc2C)n1. The van der Waals surface area contributed by atoms with Gasteiger partial charge in [-0.05, 0) is 60.9 Å². The predicted molar refractivity (Wildman–Crippen MR) is 85.4 cm³/mol. The van der Waals surface area contributed by atoms with Crippen LogP contribution in [0.15, 0.2) is 54.7 Å². The highest BCUT2D eigenvalue weighted by Gasteiger charge is 2.07. The van der Waals surface area contributed by atoms with Gasteiger partial charge in [0.05, 0.1) is 16.9 Å². The fourth-order valence-electron chi connectivity index (χ4n) is 2.45. The average molecular weight is 292 g/mol. The monoisotopic (exact) mass is 292 g/mol. The highest BCUT2D eigenvalue weighted by atomic mass is 16.4. The number of benzene rings is 2. The Morgan fingerprint density at radius 2 is 1.68 bits per heavy atom. The van der Waals surface area contributed by atoms with Crippen LogP contribution < -0.4 is 0 Å². The molecule has 0 fully saturated rings. The van der Waals surface area contributed by atoms with Gasteiger partial charge < -0.3 is 5.11 Å². The second-order valence-electron chi connectivity index (χ2n) is 5.29. The predicted octanol–water partition coefficient (Wildman–Crippen LogP) is 3.85. The summed E-state index contributed by atoms with van der Waals surface area (Å²) in [6.45, 7) is 4.01. The van der Waals surface area contributed by atoms with Crippen LogP contribution >= 0.6 is 0 Å². The van der Waals surface area contributed by atoms with Crippen molar-refractivity contribution in [2.45, 2.75) is 13.8 Å². The number of nitrogens with zero attached hydrogens (tertiary/aromatic N) is 2. The molecule has 0 saturated carbocycles. The maximum absolute atomic E-state index is 10.9. The Kier molecular flexibility index (Phi) is 3.51. The number of carbonyl (C=O) groups is 1. The molecule has 1 aromatic heterocycles. The summed E-state index contributed by atoms with van der Waals surface area (Å²) in [4.78, 5) is 10.9. The fraction of sp³-hybridized carbons (Fsp3) is 0.111. The smallest absolute Gasteiger partial charge is 0.335 e. The van der Waals surface area contributed by atoms with Gasteiger partial charge in [-0.2, -0.15) is 5.10 Å². The van der Waals surface area contributed by atoms with Crippen LogP contribution in [0.3, 0.4) is 0 Å². The Morgan fingerprint density at radius 1 is 1.00 bits per heavy atom. The van der Waals surface area contributed by atoms with E-state index in [0.29, 0.717) is 5.56 Å². The zero-order valence-electron chi connectivity index (χ0n) is 12.4. The van der Waals surface area contributed by atoms with Gasteiger partial charge in [0.25, 0.3) is 0 Å². The van der Waals surface area contributed by atoms with Crippen LogP contribution in [-0.4, -0.2) is 20.9 Å². The van der Waals surface area contributed by atoms with Crippen molar-refractivity contribution in [3.8, 4) is 16.8 Å². The molecule has 4 heteroatoms. The number of aromatic nitrogens is 2. The maximum Gasteiger partial charge on any atom is 0.335 e.